The average Bonchev–Trinajstić information content (AvgIpc) is 3.93. The number of hydrogen-bond donors (Lipinski definition) is 0. The molecule has 0 N–H and O–H groups in total. The van der Waals surface area contributed by atoms with Crippen LogP contribution in [0, 0.1) is 6.42 Å². The third kappa shape index (κ3) is 4.95. The summed E-state index contributed by atoms with van der Waals surface area (Å²) >= 11 is 0. The molecule has 0 saturated heterocycles. The molecule has 0 spiro atoms. The first-order valence-electron chi connectivity index (χ1n) is 20.0. The molecule has 4 heteroatoms. The van der Waals surface area contributed by atoms with Gasteiger partial charge in [0.15, 0.2) is 0 Å². The lowest BCUT2D eigenvalue weighted by Crippen LogP contribution is -2.29. The van der Waals surface area contributed by atoms with E-state index in [9.17, 15) is 0 Å². The number of allylic oxidation sites excluding steroid dienone is 5. The Morgan fingerprint density at radius 2 is 0.828 bits per heavy atom. The van der Waals surface area contributed by atoms with Gasteiger partial charge in [-0.15, -0.1) is 0 Å². The summed E-state index contributed by atoms with van der Waals surface area (Å²) in [7, 11) is 0. The summed E-state index contributed by atoms with van der Waals surface area (Å²) in [5.41, 5.74) is 15.4. The lowest BCUT2D eigenvalue weighted by atomic mass is 9.98. The summed E-state index contributed by atoms with van der Waals surface area (Å²) in [6, 6.07) is 62.0. The lowest BCUT2D eigenvalue weighted by molar-refractivity contribution is 0.913. The fraction of sp³-hybridized carbons (Fsp3) is 0.0185. The summed E-state index contributed by atoms with van der Waals surface area (Å²) in [6.45, 7) is 0. The normalized spacial score (nSPS) is 15.8. The Balaban J connectivity index is 0.967. The van der Waals surface area contributed by atoms with Gasteiger partial charge in [0, 0.05) is 73.4 Å². The first kappa shape index (κ1) is 32.7. The van der Waals surface area contributed by atoms with Crippen LogP contribution in [0.1, 0.15) is 0 Å². The number of benzene rings is 7. The standard InChI is InChI=1S/C54H37N4/c1-7-19-49-43(13-1)44-14-2-8-20-50(44)56(49)40-31-25-37(26-32-40)55(38-27-33-41(34-28-38)57-51-21-9-3-15-45(51)46-16-4-10-22-52(46)57)39-29-35-42(36-30-39)58-53-23-11-5-17-47(53)48-18-6-12-24-54(48)58/h1-36,49H. The van der Waals surface area contributed by atoms with Gasteiger partial charge in [-0.2, -0.15) is 0 Å². The molecule has 7 aromatic carbocycles. The molecule has 3 aliphatic rings. The second-order valence-electron chi connectivity index (χ2n) is 15.2. The highest BCUT2D eigenvalue weighted by molar-refractivity contribution is 6.10. The molecule has 0 fully saturated rings. The van der Waals surface area contributed by atoms with Crippen molar-refractivity contribution >= 4 is 66.4 Å². The molecule has 1 unspecified atom stereocenters. The number of fused-ring (bicyclic) bond motifs is 8. The van der Waals surface area contributed by atoms with Crippen LogP contribution in [0.4, 0.5) is 22.7 Å². The van der Waals surface area contributed by atoms with Crippen LogP contribution in [-0.4, -0.2) is 15.2 Å². The van der Waals surface area contributed by atoms with E-state index in [4.69, 9.17) is 0 Å². The van der Waals surface area contributed by atoms with Gasteiger partial charge in [-0.1, -0.05) is 115 Å². The van der Waals surface area contributed by atoms with Gasteiger partial charge in [0.05, 0.1) is 28.1 Å². The van der Waals surface area contributed by atoms with Crippen LogP contribution in [0.3, 0.4) is 0 Å². The molecule has 273 valence electrons. The first-order chi connectivity index (χ1) is 28.8. The van der Waals surface area contributed by atoms with Crippen molar-refractivity contribution in [3.05, 3.63) is 236 Å². The van der Waals surface area contributed by atoms with Crippen molar-refractivity contribution in [1.82, 2.24) is 9.13 Å². The van der Waals surface area contributed by atoms with E-state index in [0.717, 1.165) is 28.4 Å². The summed E-state index contributed by atoms with van der Waals surface area (Å²) < 4.78 is 4.75. The van der Waals surface area contributed by atoms with Crippen LogP contribution in [0.5, 0.6) is 0 Å². The molecule has 2 aliphatic carbocycles. The van der Waals surface area contributed by atoms with E-state index in [1.54, 1.807) is 0 Å². The van der Waals surface area contributed by atoms with Crippen LogP contribution < -0.4 is 9.80 Å². The molecular formula is C54H37N4. The van der Waals surface area contributed by atoms with Crippen LogP contribution in [0.25, 0.3) is 55.0 Å². The highest BCUT2D eigenvalue weighted by Gasteiger charge is 2.35. The number of aromatic nitrogens is 2. The molecule has 0 saturated carbocycles. The molecule has 9 aromatic rings. The van der Waals surface area contributed by atoms with Gasteiger partial charge in [0.25, 0.3) is 0 Å². The van der Waals surface area contributed by atoms with Crippen LogP contribution in [0.2, 0.25) is 0 Å². The minimum Gasteiger partial charge on any atom is -0.330 e. The molecule has 58 heavy (non-hydrogen) atoms. The summed E-state index contributed by atoms with van der Waals surface area (Å²) in [5.74, 6) is 0. The number of nitrogens with zero attached hydrogens (tertiary/aromatic N) is 4. The van der Waals surface area contributed by atoms with Gasteiger partial charge in [-0.25, -0.2) is 0 Å². The monoisotopic (exact) mass is 741 g/mol. The Bertz CT molecular complexity index is 2980. The Morgan fingerprint density at radius 1 is 0.397 bits per heavy atom. The zero-order valence-corrected chi connectivity index (χ0v) is 31.7. The highest BCUT2D eigenvalue weighted by atomic mass is 15.2. The van der Waals surface area contributed by atoms with E-state index in [1.807, 2.05) is 0 Å². The SMILES string of the molecule is [CH]1C=CC2=C3C=CC=CC3N(c3ccc(N(c4ccc(-n5c6ccccc6c6ccccc65)cc4)c4ccc(-n5c6ccccc6c6ccccc65)cc4)cc3)C2=C1. The maximum atomic E-state index is 2.46. The Labute approximate surface area is 337 Å². The van der Waals surface area contributed by atoms with Crippen molar-refractivity contribution in [1.29, 1.82) is 0 Å². The second kappa shape index (κ2) is 13.0. The summed E-state index contributed by atoms with van der Waals surface area (Å²) in [6.07, 6.45) is 17.6. The zero-order chi connectivity index (χ0) is 38.2. The predicted octanol–water partition coefficient (Wildman–Crippen LogP) is 13.6. The van der Waals surface area contributed by atoms with E-state index in [-0.39, 0.29) is 6.04 Å². The van der Waals surface area contributed by atoms with E-state index in [0.29, 0.717) is 0 Å². The Morgan fingerprint density at radius 3 is 1.29 bits per heavy atom. The van der Waals surface area contributed by atoms with Gasteiger partial charge >= 0.3 is 0 Å². The van der Waals surface area contributed by atoms with Crippen LogP contribution >= 0.6 is 0 Å². The molecular weight excluding hydrogens is 705 g/mol. The van der Waals surface area contributed by atoms with Gasteiger partial charge in [0.1, 0.15) is 0 Å². The maximum absolute atomic E-state index is 2.46. The summed E-state index contributed by atoms with van der Waals surface area (Å²) in [4.78, 5) is 4.83. The third-order valence-electron chi connectivity index (χ3n) is 12.0. The average molecular weight is 742 g/mol. The van der Waals surface area contributed by atoms with Crippen molar-refractivity contribution in [2.24, 2.45) is 0 Å². The molecule has 3 heterocycles. The quantitative estimate of drug-likeness (QED) is 0.169. The first-order valence-corrected chi connectivity index (χ1v) is 20.0. The minimum atomic E-state index is 0.172. The van der Waals surface area contributed by atoms with Crippen LogP contribution in [0.15, 0.2) is 229 Å². The Hall–Kier alpha value is -7.56. The van der Waals surface area contributed by atoms with Gasteiger partial charge < -0.3 is 18.9 Å². The fourth-order valence-corrected chi connectivity index (χ4v) is 9.49. The molecule has 0 amide bonds. The molecule has 12 rings (SSSR count). The van der Waals surface area contributed by atoms with Gasteiger partial charge in [0.2, 0.25) is 0 Å². The molecule has 1 atom stereocenters. The lowest BCUT2D eigenvalue weighted by Gasteiger charge is -2.30. The van der Waals surface area contributed by atoms with E-state index >= 15 is 0 Å². The van der Waals surface area contributed by atoms with E-state index in [1.165, 1.54) is 66.1 Å². The van der Waals surface area contributed by atoms with Crippen molar-refractivity contribution < 1.29 is 0 Å². The van der Waals surface area contributed by atoms with Gasteiger partial charge in [-0.3, -0.25) is 0 Å². The largest absolute Gasteiger partial charge is 0.330 e. The van der Waals surface area contributed by atoms with Crippen molar-refractivity contribution in [2.75, 3.05) is 9.80 Å². The fourth-order valence-electron chi connectivity index (χ4n) is 9.49. The third-order valence-corrected chi connectivity index (χ3v) is 12.0. The number of para-hydroxylation sites is 4. The molecule has 0 bridgehead atoms. The van der Waals surface area contributed by atoms with E-state index < -0.39 is 0 Å². The zero-order valence-electron chi connectivity index (χ0n) is 31.7. The molecule has 1 aliphatic heterocycles. The maximum Gasteiger partial charge on any atom is 0.0785 e. The topological polar surface area (TPSA) is 16.3 Å². The summed E-state index contributed by atoms with van der Waals surface area (Å²) in [5, 5.41) is 5.05. The number of rotatable bonds is 6. The number of hydrogen-bond acceptors (Lipinski definition) is 2. The second-order valence-corrected chi connectivity index (χ2v) is 15.2. The van der Waals surface area contributed by atoms with Crippen LogP contribution in [-0.2, 0) is 0 Å². The smallest absolute Gasteiger partial charge is 0.0785 e. The van der Waals surface area contributed by atoms with Crippen molar-refractivity contribution in [2.45, 2.75) is 6.04 Å². The minimum absolute atomic E-state index is 0.172. The molecule has 2 aromatic heterocycles. The van der Waals surface area contributed by atoms with Crippen molar-refractivity contribution in [3.8, 4) is 11.4 Å². The Kier molecular flexibility index (Phi) is 7.32. The highest BCUT2D eigenvalue weighted by Crippen LogP contribution is 2.44. The number of anilines is 4. The van der Waals surface area contributed by atoms with E-state index in [2.05, 4.69) is 238 Å². The predicted molar refractivity (Wildman–Crippen MR) is 243 cm³/mol. The van der Waals surface area contributed by atoms with Gasteiger partial charge in [-0.05, 0) is 103 Å². The molecule has 4 nitrogen and oxygen atoms in total. The van der Waals surface area contributed by atoms with Crippen molar-refractivity contribution in [3.63, 3.8) is 0 Å². The molecule has 1 radical (unpaired) electrons.